The third kappa shape index (κ3) is 3.33. The minimum absolute atomic E-state index is 0.147. The Kier molecular flexibility index (Phi) is 4.66. The van der Waals surface area contributed by atoms with Crippen LogP contribution in [0.2, 0.25) is 0 Å². The number of aromatic amines is 1. The van der Waals surface area contributed by atoms with Gasteiger partial charge in [0.2, 0.25) is 5.91 Å². The number of carbonyl (C=O) groups excluding carboxylic acids is 1. The van der Waals surface area contributed by atoms with Gasteiger partial charge in [0.15, 0.2) is 0 Å². The molecule has 0 fully saturated rings. The molecule has 0 spiro atoms. The van der Waals surface area contributed by atoms with Crippen LogP contribution in [-0.2, 0) is 31.2 Å². The molecule has 0 aliphatic carbocycles. The van der Waals surface area contributed by atoms with Crippen molar-refractivity contribution >= 4 is 16.8 Å². The van der Waals surface area contributed by atoms with Gasteiger partial charge in [0.05, 0.1) is 11.7 Å². The Morgan fingerprint density at radius 2 is 2.17 bits per heavy atom. The van der Waals surface area contributed by atoms with E-state index in [2.05, 4.69) is 22.3 Å². The van der Waals surface area contributed by atoms with Crippen LogP contribution in [0.15, 0.2) is 36.7 Å². The van der Waals surface area contributed by atoms with Crippen LogP contribution in [0.1, 0.15) is 23.7 Å². The fourth-order valence-corrected chi connectivity index (χ4v) is 2.97. The predicted molar refractivity (Wildman–Crippen MR) is 94.4 cm³/mol. The van der Waals surface area contributed by atoms with Crippen LogP contribution in [0.4, 0.5) is 0 Å². The number of aromatic nitrogens is 3. The molecule has 0 saturated carbocycles. The first-order valence-corrected chi connectivity index (χ1v) is 8.18. The molecule has 2 aromatic heterocycles. The summed E-state index contributed by atoms with van der Waals surface area (Å²) in [5, 5.41) is 8.41. The average Bonchev–Trinajstić information content (AvgIpc) is 3.16. The first-order chi connectivity index (χ1) is 11.6. The summed E-state index contributed by atoms with van der Waals surface area (Å²) in [6.45, 7) is 2.51. The molecule has 0 radical (unpaired) electrons. The average molecular weight is 325 g/mol. The van der Waals surface area contributed by atoms with E-state index in [9.17, 15) is 4.79 Å². The maximum Gasteiger partial charge on any atom is 0.237 e. The van der Waals surface area contributed by atoms with Crippen LogP contribution in [0.5, 0.6) is 0 Å². The van der Waals surface area contributed by atoms with Crippen molar-refractivity contribution in [3.63, 3.8) is 0 Å². The summed E-state index contributed by atoms with van der Waals surface area (Å²) in [7, 11) is 1.88. The molecule has 1 atom stereocenters. The van der Waals surface area contributed by atoms with Crippen molar-refractivity contribution in [2.75, 3.05) is 0 Å². The first kappa shape index (κ1) is 16.3. The standard InChI is InChI=1S/C18H23N5O/c1-3-16-13(11-23(2)22-16)10-21-18(24)15(19)8-12-9-20-17-7-5-4-6-14(12)17/h4-7,9,11,15,20H,3,8,10,19H2,1-2H3,(H,21,24)/t15-/m0/s1. The van der Waals surface area contributed by atoms with Crippen molar-refractivity contribution in [3.05, 3.63) is 53.5 Å². The van der Waals surface area contributed by atoms with E-state index in [0.717, 1.165) is 34.1 Å². The molecule has 4 N–H and O–H groups in total. The molecule has 1 amide bonds. The molecule has 126 valence electrons. The van der Waals surface area contributed by atoms with Gasteiger partial charge < -0.3 is 16.0 Å². The second-order valence-corrected chi connectivity index (χ2v) is 6.02. The van der Waals surface area contributed by atoms with Crippen molar-refractivity contribution in [2.45, 2.75) is 32.4 Å². The van der Waals surface area contributed by atoms with Crippen LogP contribution in [0.3, 0.4) is 0 Å². The van der Waals surface area contributed by atoms with Crippen LogP contribution >= 0.6 is 0 Å². The topological polar surface area (TPSA) is 88.7 Å². The van der Waals surface area contributed by atoms with Crippen LogP contribution in [0.25, 0.3) is 10.9 Å². The van der Waals surface area contributed by atoms with E-state index in [1.807, 2.05) is 43.7 Å². The molecule has 3 aromatic rings. The number of benzene rings is 1. The lowest BCUT2D eigenvalue weighted by molar-refractivity contribution is -0.122. The SMILES string of the molecule is CCc1nn(C)cc1CNC(=O)[C@@H](N)Cc1c[nH]c2ccccc12. The van der Waals surface area contributed by atoms with E-state index in [1.54, 1.807) is 4.68 Å². The summed E-state index contributed by atoms with van der Waals surface area (Å²) < 4.78 is 1.77. The zero-order chi connectivity index (χ0) is 17.1. The summed E-state index contributed by atoms with van der Waals surface area (Å²) in [5.41, 5.74) is 10.2. The molecule has 6 nitrogen and oxygen atoms in total. The molecular weight excluding hydrogens is 302 g/mol. The fourth-order valence-electron chi connectivity index (χ4n) is 2.97. The fraction of sp³-hybridized carbons (Fsp3) is 0.333. The number of hydrogen-bond donors (Lipinski definition) is 3. The van der Waals surface area contributed by atoms with Gasteiger partial charge in [-0.3, -0.25) is 9.48 Å². The Labute approximate surface area is 141 Å². The summed E-state index contributed by atoms with van der Waals surface area (Å²) in [6.07, 6.45) is 5.20. The molecule has 0 bridgehead atoms. The highest BCUT2D eigenvalue weighted by atomic mass is 16.2. The van der Waals surface area contributed by atoms with Crippen LogP contribution < -0.4 is 11.1 Å². The predicted octanol–water partition coefficient (Wildman–Crippen LogP) is 1.65. The molecule has 1 aromatic carbocycles. The number of nitrogens with zero attached hydrogens (tertiary/aromatic N) is 2. The van der Waals surface area contributed by atoms with Crippen molar-refractivity contribution in [2.24, 2.45) is 12.8 Å². The van der Waals surface area contributed by atoms with E-state index in [0.29, 0.717) is 13.0 Å². The van der Waals surface area contributed by atoms with Gasteiger partial charge in [-0.05, 0) is 24.5 Å². The van der Waals surface area contributed by atoms with Gasteiger partial charge in [-0.25, -0.2) is 0 Å². The quantitative estimate of drug-likeness (QED) is 0.644. The van der Waals surface area contributed by atoms with Crippen LogP contribution in [0, 0.1) is 0 Å². The first-order valence-electron chi connectivity index (χ1n) is 8.18. The van der Waals surface area contributed by atoms with Gasteiger partial charge in [0, 0.05) is 42.5 Å². The Morgan fingerprint density at radius 1 is 1.38 bits per heavy atom. The van der Waals surface area contributed by atoms with Gasteiger partial charge in [0.25, 0.3) is 0 Å². The third-order valence-electron chi connectivity index (χ3n) is 4.23. The lowest BCUT2D eigenvalue weighted by atomic mass is 10.0. The number of rotatable bonds is 6. The number of fused-ring (bicyclic) bond motifs is 1. The van der Waals surface area contributed by atoms with Crippen molar-refractivity contribution < 1.29 is 4.79 Å². The van der Waals surface area contributed by atoms with Crippen LogP contribution in [-0.4, -0.2) is 26.7 Å². The molecule has 0 aliphatic rings. The van der Waals surface area contributed by atoms with Gasteiger partial charge in [-0.1, -0.05) is 25.1 Å². The smallest absolute Gasteiger partial charge is 0.237 e. The second-order valence-electron chi connectivity index (χ2n) is 6.02. The Hall–Kier alpha value is -2.60. The second kappa shape index (κ2) is 6.88. The third-order valence-corrected chi connectivity index (χ3v) is 4.23. The molecule has 3 rings (SSSR count). The molecule has 0 aliphatic heterocycles. The molecule has 2 heterocycles. The number of hydrogen-bond acceptors (Lipinski definition) is 3. The van der Waals surface area contributed by atoms with E-state index in [1.165, 1.54) is 0 Å². The number of amides is 1. The molecule has 24 heavy (non-hydrogen) atoms. The minimum atomic E-state index is -0.578. The largest absolute Gasteiger partial charge is 0.361 e. The van der Waals surface area contributed by atoms with Gasteiger partial charge in [0.1, 0.15) is 0 Å². The molecular formula is C18H23N5O. The van der Waals surface area contributed by atoms with Gasteiger partial charge in [-0.15, -0.1) is 0 Å². The normalized spacial score (nSPS) is 12.5. The maximum atomic E-state index is 12.3. The summed E-state index contributed by atoms with van der Waals surface area (Å²) in [5.74, 6) is -0.147. The van der Waals surface area contributed by atoms with Crippen molar-refractivity contribution in [3.8, 4) is 0 Å². The number of carbonyl (C=O) groups is 1. The summed E-state index contributed by atoms with van der Waals surface area (Å²) in [6, 6.07) is 7.44. The maximum absolute atomic E-state index is 12.3. The van der Waals surface area contributed by atoms with E-state index in [4.69, 9.17) is 5.73 Å². The molecule has 0 unspecified atom stereocenters. The van der Waals surface area contributed by atoms with E-state index in [-0.39, 0.29) is 5.91 Å². The number of H-pyrrole nitrogens is 1. The van der Waals surface area contributed by atoms with E-state index >= 15 is 0 Å². The molecule has 0 saturated heterocycles. The Balaban J connectivity index is 1.62. The Bertz CT molecular complexity index is 848. The lowest BCUT2D eigenvalue weighted by Gasteiger charge is -2.12. The van der Waals surface area contributed by atoms with Crippen molar-refractivity contribution in [1.29, 1.82) is 0 Å². The number of aryl methyl sites for hydroxylation is 2. The number of nitrogens with one attached hydrogen (secondary N) is 2. The minimum Gasteiger partial charge on any atom is -0.361 e. The van der Waals surface area contributed by atoms with Gasteiger partial charge in [-0.2, -0.15) is 5.10 Å². The summed E-state index contributed by atoms with van der Waals surface area (Å²) >= 11 is 0. The zero-order valence-corrected chi connectivity index (χ0v) is 14.0. The Morgan fingerprint density at radius 3 is 2.96 bits per heavy atom. The summed E-state index contributed by atoms with van der Waals surface area (Å²) in [4.78, 5) is 15.5. The molecule has 6 heteroatoms. The number of para-hydroxylation sites is 1. The number of nitrogens with two attached hydrogens (primary N) is 1. The van der Waals surface area contributed by atoms with Gasteiger partial charge >= 0.3 is 0 Å². The lowest BCUT2D eigenvalue weighted by Crippen LogP contribution is -2.41. The highest BCUT2D eigenvalue weighted by Gasteiger charge is 2.17. The highest BCUT2D eigenvalue weighted by molar-refractivity contribution is 5.86. The van der Waals surface area contributed by atoms with Crippen molar-refractivity contribution in [1.82, 2.24) is 20.1 Å². The monoisotopic (exact) mass is 325 g/mol. The zero-order valence-electron chi connectivity index (χ0n) is 14.0. The van der Waals surface area contributed by atoms with E-state index < -0.39 is 6.04 Å². The highest BCUT2D eigenvalue weighted by Crippen LogP contribution is 2.18.